The van der Waals surface area contributed by atoms with Gasteiger partial charge in [0.2, 0.25) is 5.91 Å². The fraction of sp³-hybridized carbons (Fsp3) is 0.467. The number of hydrogen-bond donors (Lipinski definition) is 1. The predicted molar refractivity (Wildman–Crippen MR) is 73.6 cm³/mol. The van der Waals surface area contributed by atoms with Crippen LogP contribution in [0.5, 0.6) is 0 Å². The van der Waals surface area contributed by atoms with Gasteiger partial charge in [-0.3, -0.25) is 9.59 Å². The molecule has 2 aliphatic rings. The minimum Gasteiger partial charge on any atom is -0.366 e. The molecule has 0 radical (unpaired) electrons. The molecule has 8 heteroatoms. The average molecular weight is 328 g/mol. The lowest BCUT2D eigenvalue weighted by Gasteiger charge is -2.41. The highest BCUT2D eigenvalue weighted by molar-refractivity contribution is 5.96. The summed E-state index contributed by atoms with van der Waals surface area (Å²) in [6.45, 7) is 0.412. The Labute approximate surface area is 130 Å². The second-order valence-electron chi connectivity index (χ2n) is 5.61. The van der Waals surface area contributed by atoms with Crippen LogP contribution in [0, 0.1) is 0 Å². The van der Waals surface area contributed by atoms with E-state index in [9.17, 15) is 22.8 Å². The van der Waals surface area contributed by atoms with Gasteiger partial charge in [-0.15, -0.1) is 0 Å². The molecule has 2 saturated heterocycles. The molecule has 5 nitrogen and oxygen atoms in total. The van der Waals surface area contributed by atoms with Crippen LogP contribution in [0.4, 0.5) is 13.2 Å². The third kappa shape index (κ3) is 3.17. The quantitative estimate of drug-likeness (QED) is 0.849. The number of carbonyl (C=O) groups excluding carboxylic acids is 2. The van der Waals surface area contributed by atoms with E-state index in [1.807, 2.05) is 0 Å². The van der Waals surface area contributed by atoms with Crippen LogP contribution in [0.1, 0.15) is 22.3 Å². The highest BCUT2D eigenvalue weighted by atomic mass is 19.4. The summed E-state index contributed by atoms with van der Waals surface area (Å²) in [6.07, 6.45) is -4.31. The first-order valence-electron chi connectivity index (χ1n) is 7.23. The molecule has 0 aliphatic carbocycles. The molecule has 1 N–H and O–H groups in total. The molecule has 0 spiro atoms. The Morgan fingerprint density at radius 3 is 2.78 bits per heavy atom. The third-order valence-corrected chi connectivity index (χ3v) is 4.07. The largest absolute Gasteiger partial charge is 0.417 e. The van der Waals surface area contributed by atoms with E-state index >= 15 is 0 Å². The van der Waals surface area contributed by atoms with Crippen molar-refractivity contribution in [1.82, 2.24) is 10.2 Å². The van der Waals surface area contributed by atoms with Crippen molar-refractivity contribution >= 4 is 11.8 Å². The topological polar surface area (TPSA) is 58.6 Å². The molecule has 1 aromatic carbocycles. The normalized spacial score (nSPS) is 24.8. The number of likely N-dealkylation sites (tertiary alicyclic amines) is 1. The van der Waals surface area contributed by atoms with Gasteiger partial charge in [-0.25, -0.2) is 0 Å². The number of ether oxygens (including phenoxy) is 1. The first-order valence-corrected chi connectivity index (χ1v) is 7.23. The highest BCUT2D eigenvalue weighted by Gasteiger charge is 2.39. The van der Waals surface area contributed by atoms with Crippen LogP contribution in [-0.4, -0.2) is 48.6 Å². The second kappa shape index (κ2) is 5.84. The number of hydrogen-bond acceptors (Lipinski definition) is 3. The number of morpholine rings is 1. The summed E-state index contributed by atoms with van der Waals surface area (Å²) in [6, 6.07) is 4.34. The van der Waals surface area contributed by atoms with Crippen molar-refractivity contribution in [3.8, 4) is 0 Å². The molecule has 1 aromatic rings. The van der Waals surface area contributed by atoms with Crippen LogP contribution >= 0.6 is 0 Å². The fourth-order valence-electron chi connectivity index (χ4n) is 2.97. The van der Waals surface area contributed by atoms with Gasteiger partial charge in [0, 0.05) is 13.1 Å². The summed E-state index contributed by atoms with van der Waals surface area (Å²) in [4.78, 5) is 25.2. The van der Waals surface area contributed by atoms with Gasteiger partial charge in [-0.05, 0) is 18.6 Å². The molecule has 0 aromatic heterocycles. The second-order valence-corrected chi connectivity index (χ2v) is 5.61. The number of nitrogens with zero attached hydrogens (tertiary/aromatic N) is 1. The Kier molecular flexibility index (Phi) is 4.01. The van der Waals surface area contributed by atoms with Crippen molar-refractivity contribution in [3.63, 3.8) is 0 Å². The van der Waals surface area contributed by atoms with Crippen molar-refractivity contribution < 1.29 is 27.5 Å². The van der Waals surface area contributed by atoms with Gasteiger partial charge in [0.25, 0.3) is 5.91 Å². The lowest BCUT2D eigenvalue weighted by Crippen LogP contribution is -2.61. The van der Waals surface area contributed by atoms with E-state index < -0.39 is 17.6 Å². The lowest BCUT2D eigenvalue weighted by atomic mass is 9.98. The summed E-state index contributed by atoms with van der Waals surface area (Å²) in [5.41, 5.74) is -1.32. The highest BCUT2D eigenvalue weighted by Crippen LogP contribution is 2.32. The van der Waals surface area contributed by atoms with E-state index in [2.05, 4.69) is 5.32 Å². The van der Waals surface area contributed by atoms with Crippen LogP contribution in [-0.2, 0) is 15.7 Å². The molecule has 2 atom stereocenters. The fourth-order valence-corrected chi connectivity index (χ4v) is 2.97. The summed E-state index contributed by atoms with van der Waals surface area (Å²) in [5, 5.41) is 2.72. The number of rotatable bonds is 1. The monoisotopic (exact) mass is 328 g/mol. The Morgan fingerprint density at radius 1 is 1.30 bits per heavy atom. The molecule has 124 valence electrons. The molecule has 2 amide bonds. The maximum absolute atomic E-state index is 13.0. The number of piperidine rings is 1. The van der Waals surface area contributed by atoms with E-state index in [1.54, 1.807) is 0 Å². The zero-order valence-electron chi connectivity index (χ0n) is 12.1. The average Bonchev–Trinajstić information content (AvgIpc) is 2.52. The SMILES string of the molecule is O=C1CO[C@H]2CCN(C(=O)c3ccccc3C(F)(F)F)C[C@@H]2N1. The van der Waals surface area contributed by atoms with Crippen molar-refractivity contribution in [2.75, 3.05) is 19.7 Å². The minimum absolute atomic E-state index is 0.0218. The molecule has 23 heavy (non-hydrogen) atoms. The van der Waals surface area contributed by atoms with Gasteiger partial charge in [0.1, 0.15) is 6.61 Å². The van der Waals surface area contributed by atoms with Crippen molar-refractivity contribution in [2.45, 2.75) is 24.7 Å². The molecule has 0 bridgehead atoms. The maximum atomic E-state index is 13.0. The van der Waals surface area contributed by atoms with Crippen LogP contribution in [0.2, 0.25) is 0 Å². The van der Waals surface area contributed by atoms with Crippen LogP contribution in [0.25, 0.3) is 0 Å². The van der Waals surface area contributed by atoms with Crippen molar-refractivity contribution in [2.24, 2.45) is 0 Å². The smallest absolute Gasteiger partial charge is 0.366 e. The van der Waals surface area contributed by atoms with Gasteiger partial charge in [0.15, 0.2) is 0 Å². The van der Waals surface area contributed by atoms with Gasteiger partial charge >= 0.3 is 6.18 Å². The van der Waals surface area contributed by atoms with E-state index in [0.717, 1.165) is 6.07 Å². The predicted octanol–water partition coefficient (Wildman–Crippen LogP) is 1.43. The molecule has 2 aliphatic heterocycles. The van der Waals surface area contributed by atoms with Gasteiger partial charge < -0.3 is 15.0 Å². The number of fused-ring (bicyclic) bond motifs is 1. The Bertz CT molecular complexity index is 633. The van der Waals surface area contributed by atoms with Crippen LogP contribution in [0.15, 0.2) is 24.3 Å². The molecule has 2 heterocycles. The first-order chi connectivity index (χ1) is 10.9. The van der Waals surface area contributed by atoms with E-state index in [-0.39, 0.29) is 36.8 Å². The Morgan fingerprint density at radius 2 is 2.04 bits per heavy atom. The van der Waals surface area contributed by atoms with Crippen LogP contribution in [0.3, 0.4) is 0 Å². The van der Waals surface area contributed by atoms with E-state index in [0.29, 0.717) is 13.0 Å². The number of benzene rings is 1. The number of amides is 2. The molecule has 0 saturated carbocycles. The number of alkyl halides is 3. The summed E-state index contributed by atoms with van der Waals surface area (Å²) < 4.78 is 44.5. The van der Waals surface area contributed by atoms with E-state index in [4.69, 9.17) is 4.74 Å². The standard InChI is InChI=1S/C15H15F3N2O3/c16-15(17,18)10-4-2-1-3-9(10)14(22)20-6-5-12-11(7-20)19-13(21)8-23-12/h1-4,11-12H,5-8H2,(H,19,21)/t11-,12-/m0/s1. The summed E-state index contributed by atoms with van der Waals surface area (Å²) >= 11 is 0. The Balaban J connectivity index is 1.80. The first kappa shape index (κ1) is 15.8. The molecule has 0 unspecified atom stereocenters. The molecular formula is C15H15F3N2O3. The van der Waals surface area contributed by atoms with Crippen LogP contribution < -0.4 is 5.32 Å². The summed E-state index contributed by atoms with van der Waals surface area (Å²) in [7, 11) is 0. The Hall–Kier alpha value is -2.09. The molecule has 3 rings (SSSR count). The number of carbonyl (C=O) groups is 2. The van der Waals surface area contributed by atoms with Gasteiger partial charge in [-0.1, -0.05) is 12.1 Å². The zero-order valence-corrected chi connectivity index (χ0v) is 12.1. The number of halogens is 3. The number of nitrogens with one attached hydrogen (secondary N) is 1. The lowest BCUT2D eigenvalue weighted by molar-refractivity contribution is -0.139. The summed E-state index contributed by atoms with van der Waals surface area (Å²) in [5.74, 6) is -0.965. The third-order valence-electron chi connectivity index (χ3n) is 4.07. The zero-order chi connectivity index (χ0) is 16.6. The minimum atomic E-state index is -4.59. The van der Waals surface area contributed by atoms with Gasteiger partial charge in [0.05, 0.1) is 23.3 Å². The van der Waals surface area contributed by atoms with Crippen molar-refractivity contribution in [3.05, 3.63) is 35.4 Å². The van der Waals surface area contributed by atoms with Crippen molar-refractivity contribution in [1.29, 1.82) is 0 Å². The van der Waals surface area contributed by atoms with Gasteiger partial charge in [-0.2, -0.15) is 13.2 Å². The maximum Gasteiger partial charge on any atom is 0.417 e. The van der Waals surface area contributed by atoms with E-state index in [1.165, 1.54) is 23.1 Å². The molecular weight excluding hydrogens is 313 g/mol. The molecule has 2 fully saturated rings.